The summed E-state index contributed by atoms with van der Waals surface area (Å²) in [6, 6.07) is 17.7. The third-order valence-electron chi connectivity index (χ3n) is 6.22. The SMILES string of the molecule is N#Cc1ccc(CCNC(=O)[C@@H]2CCCN2c2cc(-c3ccc(CO)cc3)cc(C(F)(F)F)n2)cc1. The first-order valence-electron chi connectivity index (χ1n) is 11.6. The molecular formula is C27H25F3N4O2. The Bertz CT molecular complexity index is 1250. The number of nitriles is 1. The first-order valence-corrected chi connectivity index (χ1v) is 11.6. The van der Waals surface area contributed by atoms with Crippen molar-refractivity contribution in [1.29, 1.82) is 5.26 Å². The molecule has 0 bridgehead atoms. The van der Waals surface area contributed by atoms with E-state index < -0.39 is 17.9 Å². The van der Waals surface area contributed by atoms with Crippen molar-refractivity contribution in [3.05, 3.63) is 83.0 Å². The molecule has 1 aliphatic rings. The van der Waals surface area contributed by atoms with Gasteiger partial charge in [0.2, 0.25) is 5.91 Å². The molecule has 9 heteroatoms. The summed E-state index contributed by atoms with van der Waals surface area (Å²) in [5.41, 5.74) is 2.05. The number of alkyl halides is 3. The minimum Gasteiger partial charge on any atom is -0.392 e. The molecular weight excluding hydrogens is 469 g/mol. The fourth-order valence-corrected chi connectivity index (χ4v) is 4.28. The number of rotatable bonds is 7. The molecule has 3 aromatic rings. The molecule has 2 aromatic carbocycles. The molecule has 36 heavy (non-hydrogen) atoms. The van der Waals surface area contributed by atoms with Crippen LogP contribution in [-0.4, -0.2) is 35.1 Å². The van der Waals surface area contributed by atoms with Crippen molar-refractivity contribution in [2.75, 3.05) is 18.0 Å². The monoisotopic (exact) mass is 494 g/mol. The van der Waals surface area contributed by atoms with Crippen LogP contribution in [0.1, 0.15) is 35.2 Å². The molecule has 6 nitrogen and oxygen atoms in total. The number of halogens is 3. The van der Waals surface area contributed by atoms with Crippen molar-refractivity contribution >= 4 is 11.7 Å². The van der Waals surface area contributed by atoms with Crippen LogP contribution in [0.5, 0.6) is 0 Å². The van der Waals surface area contributed by atoms with Crippen molar-refractivity contribution in [3.63, 3.8) is 0 Å². The summed E-state index contributed by atoms with van der Waals surface area (Å²) < 4.78 is 41.1. The largest absolute Gasteiger partial charge is 0.433 e. The highest BCUT2D eigenvalue weighted by molar-refractivity contribution is 5.86. The van der Waals surface area contributed by atoms with E-state index in [0.29, 0.717) is 54.6 Å². The summed E-state index contributed by atoms with van der Waals surface area (Å²) in [6.45, 7) is 0.629. The van der Waals surface area contributed by atoms with E-state index in [1.54, 1.807) is 47.4 Å². The third-order valence-corrected chi connectivity index (χ3v) is 6.22. The second-order valence-corrected chi connectivity index (χ2v) is 8.65. The summed E-state index contributed by atoms with van der Waals surface area (Å²) in [7, 11) is 0. The predicted octanol–water partition coefficient (Wildman–Crippen LogP) is 4.46. The predicted molar refractivity (Wildman–Crippen MR) is 129 cm³/mol. The number of amides is 1. The molecule has 0 unspecified atom stereocenters. The molecule has 0 saturated carbocycles. The van der Waals surface area contributed by atoms with E-state index in [9.17, 15) is 23.1 Å². The lowest BCUT2D eigenvalue weighted by Gasteiger charge is -2.26. The number of hydrogen-bond donors (Lipinski definition) is 2. The van der Waals surface area contributed by atoms with Gasteiger partial charge in [0.05, 0.1) is 18.2 Å². The third kappa shape index (κ3) is 5.83. The number of aromatic nitrogens is 1. The number of hydrogen-bond acceptors (Lipinski definition) is 5. The number of aliphatic hydroxyl groups is 1. The molecule has 0 aliphatic carbocycles. The van der Waals surface area contributed by atoms with Gasteiger partial charge in [-0.2, -0.15) is 18.4 Å². The maximum Gasteiger partial charge on any atom is 0.433 e. The molecule has 1 amide bonds. The van der Waals surface area contributed by atoms with Gasteiger partial charge in [-0.05, 0) is 65.8 Å². The van der Waals surface area contributed by atoms with Crippen molar-refractivity contribution in [3.8, 4) is 17.2 Å². The number of benzene rings is 2. The van der Waals surface area contributed by atoms with Crippen LogP contribution in [-0.2, 0) is 24.0 Å². The van der Waals surface area contributed by atoms with Crippen LogP contribution in [0.4, 0.5) is 19.0 Å². The maximum absolute atomic E-state index is 13.7. The summed E-state index contributed by atoms with van der Waals surface area (Å²) in [5.74, 6) is -0.148. The van der Waals surface area contributed by atoms with Gasteiger partial charge in [0.15, 0.2) is 0 Å². The molecule has 4 rings (SSSR count). The Kier molecular flexibility index (Phi) is 7.55. The molecule has 2 N–H and O–H groups in total. The Morgan fingerprint density at radius 2 is 1.78 bits per heavy atom. The Morgan fingerprint density at radius 3 is 2.42 bits per heavy atom. The zero-order chi connectivity index (χ0) is 25.7. The highest BCUT2D eigenvalue weighted by Crippen LogP contribution is 2.35. The minimum atomic E-state index is -4.64. The van der Waals surface area contributed by atoms with Gasteiger partial charge in [0, 0.05) is 13.1 Å². The number of anilines is 1. The van der Waals surface area contributed by atoms with E-state index in [1.807, 2.05) is 12.1 Å². The first kappa shape index (κ1) is 25.2. The topological polar surface area (TPSA) is 89.2 Å². The fraction of sp³-hybridized carbons (Fsp3) is 0.296. The second kappa shape index (κ2) is 10.8. The quantitative estimate of drug-likeness (QED) is 0.506. The van der Waals surface area contributed by atoms with Crippen LogP contribution in [0.2, 0.25) is 0 Å². The number of aliphatic hydroxyl groups excluding tert-OH is 1. The van der Waals surface area contributed by atoms with E-state index in [2.05, 4.69) is 16.4 Å². The minimum absolute atomic E-state index is 0.107. The molecule has 0 spiro atoms. The van der Waals surface area contributed by atoms with Crippen molar-refractivity contribution < 1.29 is 23.1 Å². The first-order chi connectivity index (χ1) is 17.3. The van der Waals surface area contributed by atoms with E-state index in [4.69, 9.17) is 5.26 Å². The zero-order valence-corrected chi connectivity index (χ0v) is 19.4. The van der Waals surface area contributed by atoms with E-state index in [-0.39, 0.29) is 18.3 Å². The normalized spacial score (nSPS) is 15.5. The van der Waals surface area contributed by atoms with Crippen LogP contribution in [0.3, 0.4) is 0 Å². The van der Waals surface area contributed by atoms with Gasteiger partial charge in [0.25, 0.3) is 0 Å². The molecule has 1 aliphatic heterocycles. The van der Waals surface area contributed by atoms with Crippen LogP contribution in [0.15, 0.2) is 60.7 Å². The lowest BCUT2D eigenvalue weighted by molar-refractivity contribution is -0.141. The van der Waals surface area contributed by atoms with Gasteiger partial charge >= 0.3 is 6.18 Å². The standard InChI is InChI=1S/C27H25F3N4O2/c28-27(29,30)24-14-22(21-9-7-20(17-35)8-10-21)15-25(33-24)34-13-1-2-23(34)26(36)32-12-11-18-3-5-19(16-31)6-4-18/h3-10,14-15,23,35H,1-2,11-13,17H2,(H,32,36)/t23-/m0/s1. The number of carbonyl (C=O) groups excluding carboxylic acids is 1. The average Bonchev–Trinajstić information content (AvgIpc) is 3.39. The molecule has 2 heterocycles. The number of carbonyl (C=O) groups is 1. The van der Waals surface area contributed by atoms with Gasteiger partial charge in [0.1, 0.15) is 17.6 Å². The molecule has 186 valence electrons. The number of nitrogens with one attached hydrogen (secondary N) is 1. The van der Waals surface area contributed by atoms with E-state index in [0.717, 1.165) is 11.6 Å². The molecule has 0 radical (unpaired) electrons. The number of pyridine rings is 1. The van der Waals surface area contributed by atoms with Crippen molar-refractivity contribution in [1.82, 2.24) is 10.3 Å². The van der Waals surface area contributed by atoms with Crippen LogP contribution >= 0.6 is 0 Å². The Hall–Kier alpha value is -3.90. The second-order valence-electron chi connectivity index (χ2n) is 8.65. The van der Waals surface area contributed by atoms with E-state index >= 15 is 0 Å². The molecule has 1 aromatic heterocycles. The summed E-state index contributed by atoms with van der Waals surface area (Å²) in [5, 5.41) is 21.0. The smallest absolute Gasteiger partial charge is 0.392 e. The fourth-order valence-electron chi connectivity index (χ4n) is 4.28. The Labute approximate surface area is 207 Å². The highest BCUT2D eigenvalue weighted by Gasteiger charge is 2.36. The Balaban J connectivity index is 1.52. The van der Waals surface area contributed by atoms with Crippen molar-refractivity contribution in [2.24, 2.45) is 0 Å². The van der Waals surface area contributed by atoms with Crippen LogP contribution < -0.4 is 10.2 Å². The molecule has 1 saturated heterocycles. The average molecular weight is 495 g/mol. The lowest BCUT2D eigenvalue weighted by Crippen LogP contribution is -2.44. The van der Waals surface area contributed by atoms with Crippen molar-refractivity contribution in [2.45, 2.75) is 38.1 Å². The summed E-state index contributed by atoms with van der Waals surface area (Å²) in [6.07, 6.45) is -2.90. The summed E-state index contributed by atoms with van der Waals surface area (Å²) >= 11 is 0. The number of nitrogens with zero attached hydrogens (tertiary/aromatic N) is 3. The maximum atomic E-state index is 13.7. The van der Waals surface area contributed by atoms with Gasteiger partial charge in [-0.1, -0.05) is 36.4 Å². The zero-order valence-electron chi connectivity index (χ0n) is 19.4. The Morgan fingerprint density at radius 1 is 1.08 bits per heavy atom. The molecule has 1 atom stereocenters. The summed E-state index contributed by atoms with van der Waals surface area (Å²) in [4.78, 5) is 18.5. The van der Waals surface area contributed by atoms with Gasteiger partial charge < -0.3 is 15.3 Å². The van der Waals surface area contributed by atoms with Gasteiger partial charge in [-0.25, -0.2) is 4.98 Å². The lowest BCUT2D eigenvalue weighted by atomic mass is 10.0. The molecule has 1 fully saturated rings. The van der Waals surface area contributed by atoms with Crippen LogP contribution in [0, 0.1) is 11.3 Å². The van der Waals surface area contributed by atoms with Crippen LogP contribution in [0.25, 0.3) is 11.1 Å². The highest BCUT2D eigenvalue weighted by atomic mass is 19.4. The van der Waals surface area contributed by atoms with Gasteiger partial charge in [-0.15, -0.1) is 0 Å². The van der Waals surface area contributed by atoms with Gasteiger partial charge in [-0.3, -0.25) is 4.79 Å². The van der Waals surface area contributed by atoms with E-state index in [1.165, 1.54) is 0 Å².